The molecule has 0 aromatic heterocycles. The van der Waals surface area contributed by atoms with E-state index >= 15 is 0 Å². The molecular formula is C12H22O3. The fourth-order valence-electron chi connectivity index (χ4n) is 2.71. The minimum atomic E-state index is -0.536. The normalized spacial score (nSPS) is 17.8. The summed E-state index contributed by atoms with van der Waals surface area (Å²) in [7, 11) is 1.37. The fraction of sp³-hybridized carbons (Fsp3) is 0.917. The number of hydrogen-bond acceptors (Lipinski definition) is 3. The molecule has 0 amide bonds. The van der Waals surface area contributed by atoms with Crippen LogP contribution in [0.15, 0.2) is 0 Å². The third-order valence-electron chi connectivity index (χ3n) is 3.75. The van der Waals surface area contributed by atoms with Gasteiger partial charge in [-0.15, -0.1) is 0 Å². The van der Waals surface area contributed by atoms with Crippen molar-refractivity contribution in [3.63, 3.8) is 0 Å². The molecule has 0 aromatic rings. The zero-order valence-corrected chi connectivity index (χ0v) is 10.0. The molecule has 3 nitrogen and oxygen atoms in total. The Morgan fingerprint density at radius 3 is 2.20 bits per heavy atom. The van der Waals surface area contributed by atoms with Crippen molar-refractivity contribution >= 4 is 6.16 Å². The number of ether oxygens (including phenoxy) is 2. The highest BCUT2D eigenvalue weighted by atomic mass is 16.7. The topological polar surface area (TPSA) is 35.5 Å². The van der Waals surface area contributed by atoms with Crippen LogP contribution in [0, 0.1) is 5.92 Å². The highest BCUT2D eigenvalue weighted by Crippen LogP contribution is 2.40. The molecule has 3 heteroatoms. The molecule has 1 rings (SSSR count). The Hall–Kier alpha value is -0.730. The van der Waals surface area contributed by atoms with E-state index in [4.69, 9.17) is 4.74 Å². The Morgan fingerprint density at radius 1 is 1.27 bits per heavy atom. The summed E-state index contributed by atoms with van der Waals surface area (Å²) in [5.74, 6) is 0.520. The van der Waals surface area contributed by atoms with Crippen molar-refractivity contribution in [2.45, 2.75) is 58.0 Å². The molecule has 1 fully saturated rings. The minimum Gasteiger partial charge on any atom is -0.438 e. The summed E-state index contributed by atoms with van der Waals surface area (Å²) in [6.45, 7) is 4.18. The monoisotopic (exact) mass is 214 g/mol. The number of methoxy groups -OCH3 is 1. The van der Waals surface area contributed by atoms with Gasteiger partial charge in [0.25, 0.3) is 0 Å². The van der Waals surface area contributed by atoms with Crippen LogP contribution in [0.2, 0.25) is 0 Å². The lowest BCUT2D eigenvalue weighted by molar-refractivity contribution is -0.0671. The fourth-order valence-corrected chi connectivity index (χ4v) is 2.71. The highest BCUT2D eigenvalue weighted by Gasteiger charge is 2.41. The second-order valence-electron chi connectivity index (χ2n) is 4.31. The van der Waals surface area contributed by atoms with Gasteiger partial charge in [0.2, 0.25) is 0 Å². The average molecular weight is 214 g/mol. The first-order chi connectivity index (χ1) is 7.18. The quantitative estimate of drug-likeness (QED) is 0.672. The molecule has 0 radical (unpaired) electrons. The summed E-state index contributed by atoms with van der Waals surface area (Å²) in [6.07, 6.45) is 6.10. The van der Waals surface area contributed by atoms with E-state index in [-0.39, 0.29) is 5.60 Å². The van der Waals surface area contributed by atoms with E-state index in [0.29, 0.717) is 5.92 Å². The SMILES string of the molecule is CCC(CC)(OC(=O)OC)C1CCCC1. The molecule has 0 spiro atoms. The Balaban J connectivity index is 2.71. The third-order valence-corrected chi connectivity index (χ3v) is 3.75. The number of carbonyl (C=O) groups is 1. The smallest absolute Gasteiger partial charge is 0.438 e. The summed E-state index contributed by atoms with van der Waals surface area (Å²) >= 11 is 0. The lowest BCUT2D eigenvalue weighted by Crippen LogP contribution is -2.40. The van der Waals surface area contributed by atoms with Gasteiger partial charge in [0.15, 0.2) is 0 Å². The van der Waals surface area contributed by atoms with Crippen molar-refractivity contribution in [1.82, 2.24) is 0 Å². The van der Waals surface area contributed by atoms with Crippen molar-refractivity contribution in [2.75, 3.05) is 7.11 Å². The third kappa shape index (κ3) is 2.64. The van der Waals surface area contributed by atoms with E-state index in [1.165, 1.54) is 32.8 Å². The van der Waals surface area contributed by atoms with Crippen LogP contribution >= 0.6 is 0 Å². The van der Waals surface area contributed by atoms with Crippen molar-refractivity contribution in [3.05, 3.63) is 0 Å². The van der Waals surface area contributed by atoms with Crippen LogP contribution in [0.5, 0.6) is 0 Å². The van der Waals surface area contributed by atoms with Gasteiger partial charge in [-0.25, -0.2) is 4.79 Å². The first kappa shape index (κ1) is 12.3. The maximum absolute atomic E-state index is 11.3. The van der Waals surface area contributed by atoms with Gasteiger partial charge in [-0.2, -0.15) is 0 Å². The van der Waals surface area contributed by atoms with Crippen molar-refractivity contribution < 1.29 is 14.3 Å². The summed E-state index contributed by atoms with van der Waals surface area (Å²) in [6, 6.07) is 0. The van der Waals surface area contributed by atoms with E-state index in [0.717, 1.165) is 12.8 Å². The first-order valence-corrected chi connectivity index (χ1v) is 5.95. The van der Waals surface area contributed by atoms with Crippen LogP contribution in [-0.4, -0.2) is 18.9 Å². The molecule has 1 aliphatic carbocycles. The number of hydrogen-bond donors (Lipinski definition) is 0. The van der Waals surface area contributed by atoms with Crippen LogP contribution in [0.1, 0.15) is 52.4 Å². The van der Waals surface area contributed by atoms with Gasteiger partial charge < -0.3 is 9.47 Å². The van der Waals surface area contributed by atoms with E-state index in [1.807, 2.05) is 0 Å². The molecule has 15 heavy (non-hydrogen) atoms. The summed E-state index contributed by atoms with van der Waals surface area (Å²) in [4.78, 5) is 11.3. The van der Waals surface area contributed by atoms with Gasteiger partial charge in [0, 0.05) is 0 Å². The van der Waals surface area contributed by atoms with Crippen LogP contribution in [0.3, 0.4) is 0 Å². The average Bonchev–Trinajstić information content (AvgIpc) is 2.79. The van der Waals surface area contributed by atoms with Crippen LogP contribution in [0.25, 0.3) is 0 Å². The van der Waals surface area contributed by atoms with Crippen molar-refractivity contribution in [3.8, 4) is 0 Å². The Bertz CT molecular complexity index is 203. The molecule has 88 valence electrons. The maximum Gasteiger partial charge on any atom is 0.508 e. The molecule has 0 heterocycles. The largest absolute Gasteiger partial charge is 0.508 e. The van der Waals surface area contributed by atoms with Crippen molar-refractivity contribution in [2.24, 2.45) is 5.92 Å². The van der Waals surface area contributed by atoms with Gasteiger partial charge in [0.05, 0.1) is 7.11 Å². The standard InChI is InChI=1S/C12H22O3/c1-4-12(5-2,15-11(13)14-3)10-8-6-7-9-10/h10H,4-9H2,1-3H3. The molecule has 0 unspecified atom stereocenters. The highest BCUT2D eigenvalue weighted by molar-refractivity contribution is 5.60. The van der Waals surface area contributed by atoms with E-state index < -0.39 is 6.16 Å². The van der Waals surface area contributed by atoms with Crippen LogP contribution < -0.4 is 0 Å². The summed E-state index contributed by atoms with van der Waals surface area (Å²) in [5, 5.41) is 0. The second kappa shape index (κ2) is 5.38. The van der Waals surface area contributed by atoms with Gasteiger partial charge in [-0.05, 0) is 31.6 Å². The molecule has 0 N–H and O–H groups in total. The van der Waals surface area contributed by atoms with E-state index in [2.05, 4.69) is 18.6 Å². The molecule has 1 aliphatic rings. The first-order valence-electron chi connectivity index (χ1n) is 5.95. The predicted octanol–water partition coefficient (Wildman–Crippen LogP) is 3.52. The number of rotatable bonds is 4. The van der Waals surface area contributed by atoms with Gasteiger partial charge in [-0.3, -0.25) is 0 Å². The Morgan fingerprint density at radius 2 is 1.80 bits per heavy atom. The predicted molar refractivity (Wildman–Crippen MR) is 58.8 cm³/mol. The summed E-state index contributed by atoms with van der Waals surface area (Å²) in [5.41, 5.74) is -0.288. The zero-order valence-electron chi connectivity index (χ0n) is 10.0. The molecule has 1 saturated carbocycles. The number of carbonyl (C=O) groups excluding carboxylic acids is 1. The molecular weight excluding hydrogens is 192 g/mol. The molecule has 0 saturated heterocycles. The molecule has 0 aromatic carbocycles. The van der Waals surface area contributed by atoms with E-state index in [9.17, 15) is 4.79 Å². The van der Waals surface area contributed by atoms with Crippen LogP contribution in [-0.2, 0) is 9.47 Å². The lowest BCUT2D eigenvalue weighted by atomic mass is 9.81. The van der Waals surface area contributed by atoms with Crippen LogP contribution in [0.4, 0.5) is 4.79 Å². The lowest BCUT2D eigenvalue weighted by Gasteiger charge is -2.36. The van der Waals surface area contributed by atoms with Crippen molar-refractivity contribution in [1.29, 1.82) is 0 Å². The van der Waals surface area contributed by atoms with Gasteiger partial charge in [0.1, 0.15) is 5.60 Å². The van der Waals surface area contributed by atoms with Gasteiger partial charge in [-0.1, -0.05) is 26.7 Å². The minimum absolute atomic E-state index is 0.288. The second-order valence-corrected chi connectivity index (χ2v) is 4.31. The van der Waals surface area contributed by atoms with Gasteiger partial charge >= 0.3 is 6.16 Å². The zero-order chi connectivity index (χ0) is 11.3. The molecule has 0 atom stereocenters. The van der Waals surface area contributed by atoms with E-state index in [1.54, 1.807) is 0 Å². The molecule has 0 aliphatic heterocycles. The summed E-state index contributed by atoms with van der Waals surface area (Å²) < 4.78 is 10.1. The Labute approximate surface area is 92.1 Å². The molecule has 0 bridgehead atoms. The maximum atomic E-state index is 11.3. The Kier molecular flexibility index (Phi) is 4.43.